The van der Waals surface area contributed by atoms with E-state index in [1.54, 1.807) is 0 Å². The molecule has 0 amide bonds. The Balaban J connectivity index is 2.50. The van der Waals surface area contributed by atoms with Crippen LogP contribution >= 0.6 is 0 Å². The van der Waals surface area contributed by atoms with E-state index in [1.165, 1.54) is 0 Å². The van der Waals surface area contributed by atoms with Gasteiger partial charge < -0.3 is 10.5 Å². The van der Waals surface area contributed by atoms with Crippen molar-refractivity contribution in [2.24, 2.45) is 5.73 Å². The molecule has 1 fully saturated rings. The molecule has 1 saturated heterocycles. The largest absolute Gasteiger partial charge is 0.389 e. The molecule has 1 aliphatic rings. The molecule has 2 unspecified atom stereocenters. The van der Waals surface area contributed by atoms with E-state index in [2.05, 4.69) is 4.90 Å². The molecule has 0 saturated carbocycles. The second-order valence-electron chi connectivity index (χ2n) is 5.30. The Morgan fingerprint density at radius 2 is 2.00 bits per heavy atom. The van der Waals surface area contributed by atoms with Gasteiger partial charge in [0.2, 0.25) is 0 Å². The highest BCUT2D eigenvalue weighted by atomic mass is 19.4. The number of alkyl halides is 3. The molecule has 0 aromatic carbocycles. The van der Waals surface area contributed by atoms with Crippen LogP contribution in [0.3, 0.4) is 0 Å². The summed E-state index contributed by atoms with van der Waals surface area (Å²) in [6.07, 6.45) is -4.10. The number of halogens is 3. The average Bonchev–Trinajstić information content (AvgIpc) is 2.27. The Kier molecular flexibility index (Phi) is 5.43. The fourth-order valence-electron chi connectivity index (χ4n) is 2.37. The van der Waals surface area contributed by atoms with Crippen molar-refractivity contribution in [2.45, 2.75) is 50.9 Å². The van der Waals surface area contributed by atoms with Gasteiger partial charge in [0.05, 0.1) is 12.7 Å². The van der Waals surface area contributed by atoms with Crippen molar-refractivity contribution in [2.75, 3.05) is 26.2 Å². The highest BCUT2D eigenvalue weighted by molar-refractivity contribution is 4.89. The Bertz CT molecular complexity index is 260. The van der Waals surface area contributed by atoms with Crippen molar-refractivity contribution in [3.63, 3.8) is 0 Å². The summed E-state index contributed by atoms with van der Waals surface area (Å²) in [6, 6.07) is 0. The maximum atomic E-state index is 12.2. The first kappa shape index (κ1) is 15.7. The minimum Gasteiger partial charge on any atom is -0.376 e. The highest BCUT2D eigenvalue weighted by Crippen LogP contribution is 2.28. The fraction of sp³-hybridized carbons (Fsp3) is 1.00. The fourth-order valence-corrected chi connectivity index (χ4v) is 2.37. The predicted octanol–water partition coefficient (Wildman–Crippen LogP) is 2.16. The first-order chi connectivity index (χ1) is 8.27. The number of ether oxygens (including phenoxy) is 1. The molecular formula is C12H23F3N2O. The summed E-state index contributed by atoms with van der Waals surface area (Å²) in [5, 5.41) is 0. The molecular weight excluding hydrogens is 245 g/mol. The van der Waals surface area contributed by atoms with Gasteiger partial charge >= 0.3 is 6.18 Å². The Labute approximate surface area is 106 Å². The third kappa shape index (κ3) is 4.74. The van der Waals surface area contributed by atoms with Crippen LogP contribution in [0.15, 0.2) is 0 Å². The number of hydrogen-bond donors (Lipinski definition) is 1. The van der Waals surface area contributed by atoms with Crippen LogP contribution in [0.4, 0.5) is 13.2 Å². The molecule has 0 aliphatic carbocycles. The van der Waals surface area contributed by atoms with Gasteiger partial charge in [0.25, 0.3) is 0 Å². The second kappa shape index (κ2) is 6.21. The SMILES string of the molecule is CC1CN(C(C)(CN)CCCC(F)(F)F)CCO1. The molecule has 0 aromatic rings. The van der Waals surface area contributed by atoms with Gasteiger partial charge in [-0.25, -0.2) is 0 Å². The van der Waals surface area contributed by atoms with Crippen LogP contribution < -0.4 is 5.73 Å². The minimum atomic E-state index is -4.08. The van der Waals surface area contributed by atoms with Gasteiger partial charge in [0.1, 0.15) is 0 Å². The molecule has 0 radical (unpaired) electrons. The van der Waals surface area contributed by atoms with Crippen LogP contribution in [0.1, 0.15) is 33.1 Å². The van der Waals surface area contributed by atoms with E-state index in [0.29, 0.717) is 19.6 Å². The zero-order valence-corrected chi connectivity index (χ0v) is 11.1. The molecule has 108 valence electrons. The summed E-state index contributed by atoms with van der Waals surface area (Å²) in [7, 11) is 0. The van der Waals surface area contributed by atoms with Crippen molar-refractivity contribution in [3.8, 4) is 0 Å². The van der Waals surface area contributed by atoms with Gasteiger partial charge in [-0.05, 0) is 26.7 Å². The number of nitrogens with zero attached hydrogens (tertiary/aromatic N) is 1. The van der Waals surface area contributed by atoms with Gasteiger partial charge in [-0.1, -0.05) is 0 Å². The van der Waals surface area contributed by atoms with E-state index in [1.807, 2.05) is 13.8 Å². The zero-order valence-electron chi connectivity index (χ0n) is 11.1. The lowest BCUT2D eigenvalue weighted by Gasteiger charge is -2.44. The topological polar surface area (TPSA) is 38.5 Å². The Morgan fingerprint density at radius 3 is 2.50 bits per heavy atom. The van der Waals surface area contributed by atoms with Crippen molar-refractivity contribution in [3.05, 3.63) is 0 Å². The molecule has 1 rings (SSSR count). The van der Waals surface area contributed by atoms with E-state index in [4.69, 9.17) is 10.5 Å². The van der Waals surface area contributed by atoms with Gasteiger partial charge in [0, 0.05) is 31.6 Å². The number of rotatable bonds is 5. The smallest absolute Gasteiger partial charge is 0.376 e. The number of nitrogens with two attached hydrogens (primary N) is 1. The molecule has 0 spiro atoms. The van der Waals surface area contributed by atoms with Gasteiger partial charge in [0.15, 0.2) is 0 Å². The van der Waals surface area contributed by atoms with Crippen LogP contribution in [0, 0.1) is 0 Å². The summed E-state index contributed by atoms with van der Waals surface area (Å²) in [4.78, 5) is 2.16. The quantitative estimate of drug-likeness (QED) is 0.830. The van der Waals surface area contributed by atoms with Crippen LogP contribution in [-0.2, 0) is 4.74 Å². The van der Waals surface area contributed by atoms with E-state index in [9.17, 15) is 13.2 Å². The average molecular weight is 268 g/mol. The molecule has 3 nitrogen and oxygen atoms in total. The normalized spacial score (nSPS) is 26.0. The zero-order chi connectivity index (χ0) is 13.8. The Morgan fingerprint density at radius 1 is 1.33 bits per heavy atom. The maximum absolute atomic E-state index is 12.2. The van der Waals surface area contributed by atoms with E-state index in [-0.39, 0.29) is 18.1 Å². The monoisotopic (exact) mass is 268 g/mol. The lowest BCUT2D eigenvalue weighted by molar-refractivity contribution is -0.137. The van der Waals surface area contributed by atoms with Crippen molar-refractivity contribution in [1.29, 1.82) is 0 Å². The van der Waals surface area contributed by atoms with Crippen LogP contribution in [0.5, 0.6) is 0 Å². The lowest BCUT2D eigenvalue weighted by Crippen LogP contribution is -2.57. The molecule has 18 heavy (non-hydrogen) atoms. The molecule has 2 N–H and O–H groups in total. The summed E-state index contributed by atoms with van der Waals surface area (Å²) in [6.45, 7) is 6.39. The van der Waals surface area contributed by atoms with E-state index in [0.717, 1.165) is 13.1 Å². The minimum absolute atomic E-state index is 0.118. The van der Waals surface area contributed by atoms with Crippen molar-refractivity contribution < 1.29 is 17.9 Å². The summed E-state index contributed by atoms with van der Waals surface area (Å²) in [5.41, 5.74) is 5.41. The van der Waals surface area contributed by atoms with Gasteiger partial charge in [-0.3, -0.25) is 4.90 Å². The predicted molar refractivity (Wildman–Crippen MR) is 64.4 cm³/mol. The lowest BCUT2D eigenvalue weighted by atomic mass is 9.91. The Hall–Kier alpha value is -0.330. The van der Waals surface area contributed by atoms with Crippen molar-refractivity contribution >= 4 is 0 Å². The second-order valence-corrected chi connectivity index (χ2v) is 5.30. The molecule has 1 aliphatic heterocycles. The van der Waals surface area contributed by atoms with Gasteiger partial charge in [-0.2, -0.15) is 13.2 Å². The van der Waals surface area contributed by atoms with Crippen LogP contribution in [0.25, 0.3) is 0 Å². The van der Waals surface area contributed by atoms with E-state index < -0.39 is 12.6 Å². The summed E-state index contributed by atoms with van der Waals surface area (Å²) < 4.78 is 42.0. The third-order valence-corrected chi connectivity index (χ3v) is 3.62. The van der Waals surface area contributed by atoms with Crippen LogP contribution in [0.2, 0.25) is 0 Å². The third-order valence-electron chi connectivity index (χ3n) is 3.62. The number of hydrogen-bond acceptors (Lipinski definition) is 3. The molecule has 6 heteroatoms. The summed E-state index contributed by atoms with van der Waals surface area (Å²) >= 11 is 0. The molecule has 0 aromatic heterocycles. The first-order valence-electron chi connectivity index (χ1n) is 6.40. The summed E-state index contributed by atoms with van der Waals surface area (Å²) in [5.74, 6) is 0. The van der Waals surface area contributed by atoms with Crippen molar-refractivity contribution in [1.82, 2.24) is 4.90 Å². The number of morpholine rings is 1. The highest BCUT2D eigenvalue weighted by Gasteiger charge is 2.35. The molecule has 1 heterocycles. The van der Waals surface area contributed by atoms with Gasteiger partial charge in [-0.15, -0.1) is 0 Å². The van der Waals surface area contributed by atoms with E-state index >= 15 is 0 Å². The first-order valence-corrected chi connectivity index (χ1v) is 6.40. The van der Waals surface area contributed by atoms with Crippen LogP contribution in [-0.4, -0.2) is 49.0 Å². The maximum Gasteiger partial charge on any atom is 0.389 e. The standard InChI is InChI=1S/C12H23F3N2O/c1-10-8-17(6-7-18-10)11(2,9-16)4-3-5-12(13,14)15/h10H,3-9,16H2,1-2H3. The molecule has 0 bridgehead atoms. The molecule has 2 atom stereocenters.